The summed E-state index contributed by atoms with van der Waals surface area (Å²) < 4.78 is 19.0. The van der Waals surface area contributed by atoms with Gasteiger partial charge in [-0.25, -0.2) is 9.18 Å². The zero-order valence-electron chi connectivity index (χ0n) is 15.7. The lowest BCUT2D eigenvalue weighted by molar-refractivity contribution is -0.384. The zero-order chi connectivity index (χ0) is 21.3. The number of nitrogens with one attached hydrogen (secondary N) is 1. The molecular formula is C21H16FN3O5. The molecule has 1 heterocycles. The van der Waals surface area contributed by atoms with Gasteiger partial charge >= 0.3 is 5.97 Å². The number of aromatic nitrogens is 1. The number of halogens is 1. The molecule has 0 fully saturated rings. The number of esters is 1. The van der Waals surface area contributed by atoms with Gasteiger partial charge in [0.2, 0.25) is 0 Å². The number of amides is 1. The summed E-state index contributed by atoms with van der Waals surface area (Å²) in [6, 6.07) is 9.97. The summed E-state index contributed by atoms with van der Waals surface area (Å²) in [4.78, 5) is 39.6. The number of hydrogen-bond donors (Lipinski definition) is 1. The maximum absolute atomic E-state index is 13.8. The van der Waals surface area contributed by atoms with Crippen LogP contribution in [0.1, 0.15) is 28.0 Å². The molecule has 2 aromatic carbocycles. The number of carbonyl (C=O) groups is 2. The van der Waals surface area contributed by atoms with Crippen molar-refractivity contribution in [3.63, 3.8) is 0 Å². The molecule has 0 saturated heterocycles. The van der Waals surface area contributed by atoms with Crippen molar-refractivity contribution < 1.29 is 23.6 Å². The molecule has 3 aromatic rings. The molecule has 1 aliphatic carbocycles. The molecule has 1 amide bonds. The average Bonchev–Trinajstić information content (AvgIpc) is 3.19. The molecule has 0 aliphatic heterocycles. The van der Waals surface area contributed by atoms with Gasteiger partial charge in [0, 0.05) is 23.2 Å². The first-order chi connectivity index (χ1) is 14.4. The van der Waals surface area contributed by atoms with Gasteiger partial charge in [-0.2, -0.15) is 0 Å². The van der Waals surface area contributed by atoms with Gasteiger partial charge in [-0.1, -0.05) is 18.2 Å². The first-order valence-corrected chi connectivity index (χ1v) is 9.25. The van der Waals surface area contributed by atoms with Gasteiger partial charge in [-0.3, -0.25) is 19.9 Å². The number of nitrogens with zero attached hydrogens (tertiary/aromatic N) is 2. The summed E-state index contributed by atoms with van der Waals surface area (Å²) in [5, 5.41) is 13.7. The second kappa shape index (κ2) is 7.86. The second-order valence-corrected chi connectivity index (χ2v) is 6.83. The Morgan fingerprint density at radius 2 is 2.00 bits per heavy atom. The van der Waals surface area contributed by atoms with E-state index in [9.17, 15) is 24.1 Å². The van der Waals surface area contributed by atoms with Gasteiger partial charge in [0.15, 0.2) is 6.61 Å². The van der Waals surface area contributed by atoms with Gasteiger partial charge in [0.1, 0.15) is 5.82 Å². The Balaban J connectivity index is 1.52. The third-order valence-electron chi connectivity index (χ3n) is 4.89. The number of nitro benzene ring substituents is 1. The molecule has 152 valence electrons. The highest BCUT2D eigenvalue weighted by Gasteiger charge is 2.25. The molecule has 9 heteroatoms. The van der Waals surface area contributed by atoms with Crippen LogP contribution in [0.2, 0.25) is 0 Å². The Morgan fingerprint density at radius 3 is 2.80 bits per heavy atom. The molecule has 0 saturated carbocycles. The van der Waals surface area contributed by atoms with Crippen molar-refractivity contribution in [3.8, 4) is 0 Å². The van der Waals surface area contributed by atoms with Gasteiger partial charge in [0.25, 0.3) is 11.6 Å². The van der Waals surface area contributed by atoms with Crippen molar-refractivity contribution in [3.05, 3.63) is 75.2 Å². The van der Waals surface area contributed by atoms with Crippen LogP contribution >= 0.6 is 0 Å². The fourth-order valence-electron chi connectivity index (χ4n) is 3.56. The number of pyridine rings is 1. The first-order valence-electron chi connectivity index (χ1n) is 9.25. The quantitative estimate of drug-likeness (QED) is 0.392. The predicted molar refractivity (Wildman–Crippen MR) is 106 cm³/mol. The van der Waals surface area contributed by atoms with Crippen LogP contribution in [0.25, 0.3) is 10.9 Å². The highest BCUT2D eigenvalue weighted by Crippen LogP contribution is 2.30. The van der Waals surface area contributed by atoms with Crippen molar-refractivity contribution in [1.29, 1.82) is 0 Å². The van der Waals surface area contributed by atoms with Gasteiger partial charge in [0.05, 0.1) is 21.7 Å². The molecule has 1 N–H and O–H groups in total. The molecule has 0 bridgehead atoms. The minimum Gasteiger partial charge on any atom is -0.452 e. The van der Waals surface area contributed by atoms with Crippen molar-refractivity contribution >= 4 is 34.2 Å². The Labute approximate surface area is 169 Å². The summed E-state index contributed by atoms with van der Waals surface area (Å²) in [5.41, 5.74) is 2.01. The van der Waals surface area contributed by atoms with Crippen molar-refractivity contribution in [1.82, 2.24) is 4.98 Å². The maximum atomic E-state index is 13.8. The number of ether oxygens (including phenoxy) is 1. The van der Waals surface area contributed by atoms with E-state index < -0.39 is 29.2 Å². The van der Waals surface area contributed by atoms with E-state index in [1.807, 2.05) is 12.1 Å². The lowest BCUT2D eigenvalue weighted by Gasteiger charge is -2.12. The highest BCUT2D eigenvalue weighted by molar-refractivity contribution is 6.06. The van der Waals surface area contributed by atoms with E-state index in [2.05, 4.69) is 10.3 Å². The number of rotatable bonds is 5. The van der Waals surface area contributed by atoms with E-state index in [4.69, 9.17) is 4.74 Å². The fraction of sp³-hybridized carbons (Fsp3) is 0.190. The van der Waals surface area contributed by atoms with Gasteiger partial charge in [-0.05, 0) is 37.0 Å². The third-order valence-corrected chi connectivity index (χ3v) is 4.89. The number of nitro groups is 1. The number of benzene rings is 2. The van der Waals surface area contributed by atoms with E-state index in [1.165, 1.54) is 0 Å². The third kappa shape index (κ3) is 3.69. The molecule has 0 atom stereocenters. The lowest BCUT2D eigenvalue weighted by atomic mass is 10.0. The minimum absolute atomic E-state index is 0.361. The van der Waals surface area contributed by atoms with Gasteiger partial charge in [-0.15, -0.1) is 0 Å². The topological polar surface area (TPSA) is 111 Å². The van der Waals surface area contributed by atoms with Crippen LogP contribution in [-0.4, -0.2) is 28.4 Å². The van der Waals surface area contributed by atoms with E-state index >= 15 is 0 Å². The van der Waals surface area contributed by atoms with Crippen molar-refractivity contribution in [2.24, 2.45) is 0 Å². The number of carbonyl (C=O) groups excluding carboxylic acids is 2. The van der Waals surface area contributed by atoms with Crippen LogP contribution in [-0.2, 0) is 22.4 Å². The molecule has 0 spiro atoms. The van der Waals surface area contributed by atoms with Gasteiger partial charge < -0.3 is 10.1 Å². The van der Waals surface area contributed by atoms with E-state index in [-0.39, 0.29) is 11.4 Å². The summed E-state index contributed by atoms with van der Waals surface area (Å²) >= 11 is 0. The van der Waals surface area contributed by atoms with E-state index in [1.54, 1.807) is 12.1 Å². The van der Waals surface area contributed by atoms with Crippen molar-refractivity contribution in [2.75, 3.05) is 11.9 Å². The van der Waals surface area contributed by atoms with Crippen LogP contribution in [0.3, 0.4) is 0 Å². The SMILES string of the molecule is O=C(COC(=O)c1c2c(nc3ccccc13)CCC2)Nc1cc([N+](=O)[O-])ccc1F. The number of para-hydroxylation sites is 1. The van der Waals surface area contributed by atoms with Crippen molar-refractivity contribution in [2.45, 2.75) is 19.3 Å². The molecule has 8 nitrogen and oxygen atoms in total. The van der Waals surface area contributed by atoms with Crippen LogP contribution in [0.4, 0.5) is 15.8 Å². The summed E-state index contributed by atoms with van der Waals surface area (Å²) in [6.45, 7) is -0.660. The highest BCUT2D eigenvalue weighted by atomic mass is 19.1. The average molecular weight is 409 g/mol. The van der Waals surface area contributed by atoms with E-state index in [0.717, 1.165) is 42.3 Å². The lowest BCUT2D eigenvalue weighted by Crippen LogP contribution is -2.22. The van der Waals surface area contributed by atoms with Crippen LogP contribution in [0.5, 0.6) is 0 Å². The van der Waals surface area contributed by atoms with E-state index in [0.29, 0.717) is 22.9 Å². The second-order valence-electron chi connectivity index (χ2n) is 6.83. The van der Waals surface area contributed by atoms with Crippen LogP contribution < -0.4 is 5.32 Å². The number of aryl methyl sites for hydroxylation is 1. The predicted octanol–water partition coefficient (Wildman–Crippen LogP) is 3.57. The normalized spacial score (nSPS) is 12.4. The Kier molecular flexibility index (Phi) is 5.09. The largest absolute Gasteiger partial charge is 0.452 e. The van der Waals surface area contributed by atoms with Crippen LogP contribution in [0, 0.1) is 15.9 Å². The molecule has 0 radical (unpaired) electrons. The first kappa shape index (κ1) is 19.4. The zero-order valence-corrected chi connectivity index (χ0v) is 15.7. The number of fused-ring (bicyclic) bond motifs is 2. The molecule has 30 heavy (non-hydrogen) atoms. The minimum atomic E-state index is -0.835. The fourth-order valence-corrected chi connectivity index (χ4v) is 3.56. The van der Waals surface area contributed by atoms with Crippen LogP contribution in [0.15, 0.2) is 42.5 Å². The Hall–Kier alpha value is -3.88. The molecule has 0 unspecified atom stereocenters. The standard InChI is InChI=1S/C21H16FN3O5/c22-15-9-8-12(25(28)29)10-18(15)24-19(26)11-30-21(27)20-13-4-1-2-6-16(13)23-17-7-3-5-14(17)20/h1-2,4,6,8-10H,3,5,7,11H2,(H,24,26). The Bertz CT molecular complexity index is 1190. The smallest absolute Gasteiger partial charge is 0.339 e. The maximum Gasteiger partial charge on any atom is 0.339 e. The molecule has 1 aromatic heterocycles. The Morgan fingerprint density at radius 1 is 1.20 bits per heavy atom. The molecule has 4 rings (SSSR count). The number of anilines is 1. The molecular weight excluding hydrogens is 393 g/mol. The number of non-ortho nitro benzene ring substituents is 1. The summed E-state index contributed by atoms with van der Waals surface area (Å²) in [5.74, 6) is -2.31. The monoisotopic (exact) mass is 409 g/mol. The number of hydrogen-bond acceptors (Lipinski definition) is 6. The summed E-state index contributed by atoms with van der Waals surface area (Å²) in [6.07, 6.45) is 2.35. The summed E-state index contributed by atoms with van der Waals surface area (Å²) in [7, 11) is 0. The molecule has 1 aliphatic rings.